The van der Waals surface area contributed by atoms with Crippen molar-refractivity contribution in [2.45, 2.75) is 19.8 Å². The van der Waals surface area contributed by atoms with Crippen LogP contribution in [0.3, 0.4) is 0 Å². The molecular formula is C14H19ClN4OS. The van der Waals surface area contributed by atoms with Gasteiger partial charge < -0.3 is 10.6 Å². The topological polar surface area (TPSA) is 66.9 Å². The first-order chi connectivity index (χ1) is 9.67. The number of amides is 1. The lowest BCUT2D eigenvalue weighted by molar-refractivity contribution is -0.116. The van der Waals surface area contributed by atoms with Crippen molar-refractivity contribution in [1.82, 2.24) is 15.5 Å². The van der Waals surface area contributed by atoms with Gasteiger partial charge in [-0.1, -0.05) is 41.2 Å². The number of nitrogens with zero attached hydrogens (tertiary/aromatic N) is 2. The third-order valence-corrected chi connectivity index (χ3v) is 3.63. The summed E-state index contributed by atoms with van der Waals surface area (Å²) in [5.41, 5.74) is 2.43. The average Bonchev–Trinajstić information content (AvgIpc) is 2.86. The van der Waals surface area contributed by atoms with Gasteiger partial charge in [-0.2, -0.15) is 0 Å². The lowest BCUT2D eigenvalue weighted by Crippen LogP contribution is -2.18. The molecule has 7 heteroatoms. The van der Waals surface area contributed by atoms with Gasteiger partial charge in [0.1, 0.15) is 5.01 Å². The molecule has 2 N–H and O–H groups in total. The molecule has 0 aliphatic rings. The van der Waals surface area contributed by atoms with Crippen LogP contribution in [0.15, 0.2) is 24.3 Å². The fourth-order valence-corrected chi connectivity index (χ4v) is 2.47. The minimum absolute atomic E-state index is 0. The molecule has 0 spiro atoms. The molecule has 1 amide bonds. The van der Waals surface area contributed by atoms with Crippen molar-refractivity contribution in [3.05, 3.63) is 40.4 Å². The molecule has 0 unspecified atom stereocenters. The zero-order chi connectivity index (χ0) is 14.4. The van der Waals surface area contributed by atoms with E-state index in [4.69, 9.17) is 0 Å². The monoisotopic (exact) mass is 326 g/mol. The van der Waals surface area contributed by atoms with E-state index in [1.54, 1.807) is 0 Å². The van der Waals surface area contributed by atoms with E-state index >= 15 is 0 Å². The van der Waals surface area contributed by atoms with Gasteiger partial charge in [-0.3, -0.25) is 4.79 Å². The van der Waals surface area contributed by atoms with Crippen molar-refractivity contribution in [1.29, 1.82) is 0 Å². The summed E-state index contributed by atoms with van der Waals surface area (Å²) in [7, 11) is 1.82. The van der Waals surface area contributed by atoms with Crippen LogP contribution in [0.4, 0.5) is 5.13 Å². The SMILES string of the molecule is CNCCC(=O)Nc1nnc(Cc2ccc(C)cc2)s1.Cl. The number of carbonyl (C=O) groups is 1. The maximum Gasteiger partial charge on any atom is 0.227 e. The van der Waals surface area contributed by atoms with E-state index in [1.165, 1.54) is 22.5 Å². The second-order valence-electron chi connectivity index (χ2n) is 4.57. The Labute approximate surface area is 134 Å². The summed E-state index contributed by atoms with van der Waals surface area (Å²) in [5.74, 6) is -0.0441. The van der Waals surface area contributed by atoms with Crippen molar-refractivity contribution in [2.75, 3.05) is 18.9 Å². The standard InChI is InChI=1S/C14H18N4OS.ClH/c1-10-3-5-11(6-4-10)9-13-17-18-14(20-13)16-12(19)7-8-15-2;/h3-6,15H,7-9H2,1-2H3,(H,16,18,19);1H. The first-order valence-corrected chi connectivity index (χ1v) is 7.31. The fraction of sp³-hybridized carbons (Fsp3) is 0.357. The summed E-state index contributed by atoms with van der Waals surface area (Å²) >= 11 is 1.42. The second kappa shape index (κ2) is 8.71. The largest absolute Gasteiger partial charge is 0.319 e. The molecule has 0 fully saturated rings. The van der Waals surface area contributed by atoms with Crippen molar-refractivity contribution in [3.63, 3.8) is 0 Å². The molecule has 5 nitrogen and oxygen atoms in total. The lowest BCUT2D eigenvalue weighted by atomic mass is 10.1. The van der Waals surface area contributed by atoms with Gasteiger partial charge in [-0.05, 0) is 19.5 Å². The van der Waals surface area contributed by atoms with Crippen LogP contribution in [0.2, 0.25) is 0 Å². The van der Waals surface area contributed by atoms with Crippen LogP contribution < -0.4 is 10.6 Å². The number of nitrogens with one attached hydrogen (secondary N) is 2. The van der Waals surface area contributed by atoms with E-state index in [1.807, 2.05) is 7.05 Å². The molecule has 21 heavy (non-hydrogen) atoms. The summed E-state index contributed by atoms with van der Waals surface area (Å²) in [6.45, 7) is 2.72. The molecule has 0 saturated heterocycles. The molecule has 0 atom stereocenters. The molecular weight excluding hydrogens is 308 g/mol. The van der Waals surface area contributed by atoms with Gasteiger partial charge in [0, 0.05) is 19.4 Å². The van der Waals surface area contributed by atoms with Gasteiger partial charge in [0.2, 0.25) is 11.0 Å². The zero-order valence-corrected chi connectivity index (χ0v) is 13.7. The molecule has 2 aromatic rings. The van der Waals surface area contributed by atoms with Crippen LogP contribution in [0, 0.1) is 6.92 Å². The summed E-state index contributed by atoms with van der Waals surface area (Å²) in [6, 6.07) is 8.33. The fourth-order valence-electron chi connectivity index (χ4n) is 1.68. The predicted octanol–water partition coefficient (Wildman–Crippen LogP) is 2.41. The Hall–Kier alpha value is -1.50. The predicted molar refractivity (Wildman–Crippen MR) is 88.3 cm³/mol. The number of halogens is 1. The lowest BCUT2D eigenvalue weighted by Gasteiger charge is -1.99. The number of hydrogen-bond donors (Lipinski definition) is 2. The Morgan fingerprint density at radius 3 is 2.62 bits per heavy atom. The third-order valence-electron chi connectivity index (χ3n) is 2.79. The van der Waals surface area contributed by atoms with Crippen LogP contribution in [-0.2, 0) is 11.2 Å². The van der Waals surface area contributed by atoms with E-state index < -0.39 is 0 Å². The first kappa shape index (κ1) is 17.6. The van der Waals surface area contributed by atoms with Gasteiger partial charge in [0.25, 0.3) is 0 Å². The van der Waals surface area contributed by atoms with Gasteiger partial charge in [-0.25, -0.2) is 0 Å². The van der Waals surface area contributed by atoms with Crippen LogP contribution >= 0.6 is 23.7 Å². The molecule has 0 aliphatic heterocycles. The van der Waals surface area contributed by atoms with Gasteiger partial charge in [0.05, 0.1) is 0 Å². The van der Waals surface area contributed by atoms with Crippen molar-refractivity contribution in [2.24, 2.45) is 0 Å². The van der Waals surface area contributed by atoms with E-state index in [9.17, 15) is 4.79 Å². The highest BCUT2D eigenvalue weighted by Crippen LogP contribution is 2.18. The number of benzene rings is 1. The maximum absolute atomic E-state index is 11.6. The van der Waals surface area contributed by atoms with Crippen LogP contribution in [0.5, 0.6) is 0 Å². The number of aromatic nitrogens is 2. The molecule has 0 radical (unpaired) electrons. The van der Waals surface area contributed by atoms with Crippen molar-refractivity contribution >= 4 is 34.8 Å². The highest BCUT2D eigenvalue weighted by molar-refractivity contribution is 7.15. The minimum atomic E-state index is -0.0441. The molecule has 2 rings (SSSR count). The Morgan fingerprint density at radius 2 is 1.95 bits per heavy atom. The van der Waals surface area contributed by atoms with Crippen LogP contribution in [0.1, 0.15) is 22.6 Å². The number of rotatable bonds is 6. The molecule has 0 saturated carbocycles. The quantitative estimate of drug-likeness (QED) is 0.855. The summed E-state index contributed by atoms with van der Waals surface area (Å²) < 4.78 is 0. The first-order valence-electron chi connectivity index (χ1n) is 6.50. The summed E-state index contributed by atoms with van der Waals surface area (Å²) in [4.78, 5) is 11.6. The normalized spacial score (nSPS) is 10.0. The Kier molecular flexibility index (Phi) is 7.28. The molecule has 0 aliphatic carbocycles. The van der Waals surface area contributed by atoms with Crippen LogP contribution in [0.25, 0.3) is 0 Å². The Morgan fingerprint density at radius 1 is 1.24 bits per heavy atom. The van der Waals surface area contributed by atoms with Crippen LogP contribution in [-0.4, -0.2) is 29.7 Å². The summed E-state index contributed by atoms with van der Waals surface area (Å²) in [5, 5.41) is 15.3. The molecule has 114 valence electrons. The van der Waals surface area contributed by atoms with Gasteiger partial charge in [-0.15, -0.1) is 22.6 Å². The minimum Gasteiger partial charge on any atom is -0.319 e. The van der Waals surface area contributed by atoms with Gasteiger partial charge in [0.15, 0.2) is 0 Å². The highest BCUT2D eigenvalue weighted by atomic mass is 35.5. The van der Waals surface area contributed by atoms with Crippen molar-refractivity contribution in [3.8, 4) is 0 Å². The maximum atomic E-state index is 11.6. The second-order valence-corrected chi connectivity index (χ2v) is 5.63. The average molecular weight is 327 g/mol. The van der Waals surface area contributed by atoms with E-state index in [-0.39, 0.29) is 18.3 Å². The smallest absolute Gasteiger partial charge is 0.227 e. The third kappa shape index (κ3) is 5.79. The number of aryl methyl sites for hydroxylation is 1. The molecule has 1 aromatic carbocycles. The highest BCUT2D eigenvalue weighted by Gasteiger charge is 2.08. The number of hydrogen-bond acceptors (Lipinski definition) is 5. The summed E-state index contributed by atoms with van der Waals surface area (Å²) in [6.07, 6.45) is 1.17. The zero-order valence-electron chi connectivity index (χ0n) is 12.0. The van der Waals surface area contributed by atoms with E-state index in [0.29, 0.717) is 18.1 Å². The Balaban J connectivity index is 0.00000220. The van der Waals surface area contributed by atoms with E-state index in [0.717, 1.165) is 11.4 Å². The number of carbonyl (C=O) groups excluding carboxylic acids is 1. The molecule has 0 bridgehead atoms. The van der Waals surface area contributed by atoms with Gasteiger partial charge >= 0.3 is 0 Å². The number of anilines is 1. The Bertz CT molecular complexity index is 571. The van der Waals surface area contributed by atoms with Crippen molar-refractivity contribution < 1.29 is 4.79 Å². The molecule has 1 heterocycles. The van der Waals surface area contributed by atoms with E-state index in [2.05, 4.69) is 52.0 Å². The molecule has 1 aromatic heterocycles.